The van der Waals surface area contributed by atoms with Crippen LogP contribution in [0.25, 0.3) is 0 Å². The van der Waals surface area contributed by atoms with Crippen LogP contribution in [0.3, 0.4) is 0 Å². The quantitative estimate of drug-likeness (QED) is 0.861. The number of anilines is 2. The molecule has 0 aliphatic heterocycles. The summed E-state index contributed by atoms with van der Waals surface area (Å²) >= 11 is 0. The molecule has 20 heavy (non-hydrogen) atoms. The highest BCUT2D eigenvalue weighted by atomic mass is 15.1. The zero-order chi connectivity index (χ0) is 14.5. The molecule has 2 aromatic carbocycles. The number of rotatable bonds is 5. The van der Waals surface area contributed by atoms with Gasteiger partial charge in [-0.3, -0.25) is 0 Å². The van der Waals surface area contributed by atoms with Crippen LogP contribution in [0.5, 0.6) is 0 Å². The topological polar surface area (TPSA) is 29.3 Å². The minimum Gasteiger partial charge on any atom is -0.342 e. The van der Waals surface area contributed by atoms with E-state index < -0.39 is 0 Å². The van der Waals surface area contributed by atoms with Crippen LogP contribution < -0.4 is 10.6 Å². The third-order valence-corrected chi connectivity index (χ3v) is 3.70. The van der Waals surface area contributed by atoms with Crippen molar-refractivity contribution in [2.75, 3.05) is 11.4 Å². The van der Waals surface area contributed by atoms with Crippen LogP contribution in [0.2, 0.25) is 0 Å². The minimum absolute atomic E-state index is 0.137. The molecule has 1 atom stereocenters. The monoisotopic (exact) mass is 268 g/mol. The van der Waals surface area contributed by atoms with E-state index in [0.29, 0.717) is 0 Å². The summed E-state index contributed by atoms with van der Waals surface area (Å²) < 4.78 is 0. The van der Waals surface area contributed by atoms with Crippen LogP contribution in [0.15, 0.2) is 48.5 Å². The van der Waals surface area contributed by atoms with Crippen LogP contribution in [0, 0.1) is 6.92 Å². The highest BCUT2D eigenvalue weighted by Gasteiger charge is 2.08. The predicted molar refractivity (Wildman–Crippen MR) is 87.5 cm³/mol. The summed E-state index contributed by atoms with van der Waals surface area (Å²) in [7, 11) is 0. The fourth-order valence-corrected chi connectivity index (χ4v) is 2.45. The van der Waals surface area contributed by atoms with E-state index in [2.05, 4.69) is 74.2 Å². The van der Waals surface area contributed by atoms with Gasteiger partial charge in [0.15, 0.2) is 0 Å². The minimum atomic E-state index is 0.137. The summed E-state index contributed by atoms with van der Waals surface area (Å²) in [5.74, 6) is 0. The van der Waals surface area contributed by atoms with E-state index in [9.17, 15) is 0 Å². The Morgan fingerprint density at radius 1 is 1.00 bits per heavy atom. The number of aryl methyl sites for hydroxylation is 1. The lowest BCUT2D eigenvalue weighted by Crippen LogP contribution is -2.16. The van der Waals surface area contributed by atoms with E-state index in [-0.39, 0.29) is 6.04 Å². The summed E-state index contributed by atoms with van der Waals surface area (Å²) in [6.45, 7) is 7.36. The van der Waals surface area contributed by atoms with Crippen LogP contribution >= 0.6 is 0 Å². The molecular formula is C18H24N2. The molecule has 0 saturated heterocycles. The van der Waals surface area contributed by atoms with Crippen molar-refractivity contribution in [1.82, 2.24) is 0 Å². The van der Waals surface area contributed by atoms with Gasteiger partial charge in [0.05, 0.1) is 0 Å². The summed E-state index contributed by atoms with van der Waals surface area (Å²) in [6, 6.07) is 17.3. The first kappa shape index (κ1) is 14.6. The lowest BCUT2D eigenvalue weighted by Gasteiger charge is -2.24. The summed E-state index contributed by atoms with van der Waals surface area (Å²) in [5.41, 5.74) is 11.0. The van der Waals surface area contributed by atoms with Crippen LogP contribution in [-0.2, 0) is 0 Å². The van der Waals surface area contributed by atoms with Crippen molar-refractivity contribution >= 4 is 11.4 Å². The van der Waals surface area contributed by atoms with Crippen LogP contribution in [0.1, 0.15) is 37.4 Å². The molecule has 0 aliphatic carbocycles. The Morgan fingerprint density at radius 2 is 1.70 bits per heavy atom. The molecule has 0 aromatic heterocycles. The predicted octanol–water partition coefficient (Wildman–Crippen LogP) is 4.56. The van der Waals surface area contributed by atoms with Crippen molar-refractivity contribution in [1.29, 1.82) is 0 Å². The largest absolute Gasteiger partial charge is 0.342 e. The standard InChI is InChI=1S/C18H24N2/c1-4-18(19)15-9-11-16(12-10-15)20(5-2)17-8-6-7-14(3)13-17/h6-13,18H,4-5,19H2,1-3H3. The fourth-order valence-electron chi connectivity index (χ4n) is 2.45. The van der Waals surface area contributed by atoms with Crippen molar-refractivity contribution in [2.45, 2.75) is 33.2 Å². The van der Waals surface area contributed by atoms with Crippen molar-refractivity contribution in [3.63, 3.8) is 0 Å². The van der Waals surface area contributed by atoms with Gasteiger partial charge in [-0.15, -0.1) is 0 Å². The Morgan fingerprint density at radius 3 is 2.25 bits per heavy atom. The van der Waals surface area contributed by atoms with E-state index in [1.54, 1.807) is 0 Å². The second-order valence-corrected chi connectivity index (χ2v) is 5.19. The normalized spacial score (nSPS) is 12.2. The Balaban J connectivity index is 2.28. The Kier molecular flexibility index (Phi) is 4.80. The number of nitrogens with two attached hydrogens (primary N) is 1. The summed E-state index contributed by atoms with van der Waals surface area (Å²) in [5, 5.41) is 0. The Bertz CT molecular complexity index is 546. The maximum Gasteiger partial charge on any atom is 0.0413 e. The molecule has 0 radical (unpaired) electrons. The molecule has 0 saturated carbocycles. The van der Waals surface area contributed by atoms with Gasteiger partial charge in [-0.25, -0.2) is 0 Å². The van der Waals surface area contributed by atoms with Gasteiger partial charge in [0, 0.05) is 24.0 Å². The second kappa shape index (κ2) is 6.58. The van der Waals surface area contributed by atoms with Crippen molar-refractivity contribution < 1.29 is 0 Å². The molecule has 2 aromatic rings. The van der Waals surface area contributed by atoms with Crippen LogP contribution in [-0.4, -0.2) is 6.54 Å². The van der Waals surface area contributed by atoms with Crippen LogP contribution in [0.4, 0.5) is 11.4 Å². The van der Waals surface area contributed by atoms with E-state index >= 15 is 0 Å². The first-order valence-corrected chi connectivity index (χ1v) is 7.35. The number of benzene rings is 2. The smallest absolute Gasteiger partial charge is 0.0413 e. The van der Waals surface area contributed by atoms with Gasteiger partial charge in [-0.05, 0) is 55.7 Å². The first-order chi connectivity index (χ1) is 9.65. The molecule has 0 amide bonds. The molecule has 2 N–H and O–H groups in total. The molecule has 106 valence electrons. The lowest BCUT2D eigenvalue weighted by molar-refractivity contribution is 0.698. The molecule has 0 fully saturated rings. The molecule has 2 nitrogen and oxygen atoms in total. The average Bonchev–Trinajstić information content (AvgIpc) is 2.48. The molecule has 0 heterocycles. The summed E-state index contributed by atoms with van der Waals surface area (Å²) in [4.78, 5) is 2.31. The third-order valence-electron chi connectivity index (χ3n) is 3.70. The van der Waals surface area contributed by atoms with Gasteiger partial charge in [-0.1, -0.05) is 31.2 Å². The summed E-state index contributed by atoms with van der Waals surface area (Å²) in [6.07, 6.45) is 0.967. The zero-order valence-corrected chi connectivity index (χ0v) is 12.6. The third kappa shape index (κ3) is 3.20. The maximum atomic E-state index is 6.07. The Hall–Kier alpha value is -1.80. The van der Waals surface area contributed by atoms with Gasteiger partial charge < -0.3 is 10.6 Å². The lowest BCUT2D eigenvalue weighted by atomic mass is 10.0. The second-order valence-electron chi connectivity index (χ2n) is 5.19. The molecule has 0 spiro atoms. The maximum absolute atomic E-state index is 6.07. The van der Waals surface area contributed by atoms with Gasteiger partial charge in [0.1, 0.15) is 0 Å². The molecule has 0 aliphatic rings. The van der Waals surface area contributed by atoms with Crippen molar-refractivity contribution in [3.05, 3.63) is 59.7 Å². The molecule has 2 heteroatoms. The van der Waals surface area contributed by atoms with Gasteiger partial charge in [0.2, 0.25) is 0 Å². The highest BCUT2D eigenvalue weighted by Crippen LogP contribution is 2.27. The molecule has 0 bridgehead atoms. The number of hydrogen-bond acceptors (Lipinski definition) is 2. The van der Waals surface area contributed by atoms with Crippen molar-refractivity contribution in [3.8, 4) is 0 Å². The number of nitrogens with zero attached hydrogens (tertiary/aromatic N) is 1. The SMILES string of the molecule is CCC(N)c1ccc(N(CC)c2cccc(C)c2)cc1. The van der Waals surface area contributed by atoms with E-state index in [0.717, 1.165) is 13.0 Å². The average molecular weight is 268 g/mol. The molecule has 1 unspecified atom stereocenters. The Labute approximate surface area is 122 Å². The zero-order valence-electron chi connectivity index (χ0n) is 12.6. The van der Waals surface area contributed by atoms with Gasteiger partial charge in [-0.2, -0.15) is 0 Å². The van der Waals surface area contributed by atoms with Gasteiger partial charge in [0.25, 0.3) is 0 Å². The van der Waals surface area contributed by atoms with E-state index in [1.165, 1.54) is 22.5 Å². The highest BCUT2D eigenvalue weighted by molar-refractivity contribution is 5.64. The van der Waals surface area contributed by atoms with Crippen molar-refractivity contribution in [2.24, 2.45) is 5.73 Å². The molecule has 2 rings (SSSR count). The van der Waals surface area contributed by atoms with E-state index in [1.807, 2.05) is 0 Å². The first-order valence-electron chi connectivity index (χ1n) is 7.35. The van der Waals surface area contributed by atoms with Gasteiger partial charge >= 0.3 is 0 Å². The van der Waals surface area contributed by atoms with E-state index in [4.69, 9.17) is 5.73 Å². The molecular weight excluding hydrogens is 244 g/mol. The fraction of sp³-hybridized carbons (Fsp3) is 0.333. The number of hydrogen-bond donors (Lipinski definition) is 1.